The number of carbonyl (C=O) groups is 1. The molecule has 0 saturated heterocycles. The lowest BCUT2D eigenvalue weighted by Gasteiger charge is -2.23. The first-order valence-corrected chi connectivity index (χ1v) is 7.66. The summed E-state index contributed by atoms with van der Waals surface area (Å²) >= 11 is 0. The summed E-state index contributed by atoms with van der Waals surface area (Å²) in [6.07, 6.45) is 7.02. The maximum Gasteiger partial charge on any atom is 0.335 e. The van der Waals surface area contributed by atoms with E-state index >= 15 is 0 Å². The highest BCUT2D eigenvalue weighted by atomic mass is 16.4. The van der Waals surface area contributed by atoms with Gasteiger partial charge in [-0.2, -0.15) is 0 Å². The fourth-order valence-corrected chi connectivity index (χ4v) is 3.78. The number of fused-ring (bicyclic) bond motifs is 2. The molecule has 0 spiro atoms. The van der Waals surface area contributed by atoms with Crippen LogP contribution in [0.1, 0.15) is 55.1 Å². The van der Waals surface area contributed by atoms with Crippen molar-refractivity contribution in [1.29, 1.82) is 0 Å². The second-order valence-electron chi connectivity index (χ2n) is 6.21. The standard InChI is InChI=1S/C16H22N2O2/c1-2-3-13-8-12(16(19)20)9-15(17-13)18-14-7-10-4-5-11(14)6-10/h8-11,14H,2-7H2,1H3,(H,17,18)(H,19,20). The fraction of sp³-hybridized carbons (Fsp3) is 0.625. The average Bonchev–Trinajstić information content (AvgIpc) is 3.01. The molecule has 2 fully saturated rings. The number of carboxylic acids is 1. The lowest BCUT2D eigenvalue weighted by atomic mass is 9.95. The van der Waals surface area contributed by atoms with Gasteiger partial charge in [-0.3, -0.25) is 0 Å². The Balaban J connectivity index is 1.79. The summed E-state index contributed by atoms with van der Waals surface area (Å²) in [6, 6.07) is 3.85. The highest BCUT2D eigenvalue weighted by Crippen LogP contribution is 2.45. The summed E-state index contributed by atoms with van der Waals surface area (Å²) in [6.45, 7) is 2.08. The SMILES string of the molecule is CCCc1cc(C(=O)O)cc(NC2CC3CCC2C3)n1. The number of aromatic carboxylic acids is 1. The maximum absolute atomic E-state index is 11.2. The third kappa shape index (κ3) is 2.65. The van der Waals surface area contributed by atoms with Crippen molar-refractivity contribution >= 4 is 11.8 Å². The second-order valence-corrected chi connectivity index (χ2v) is 6.21. The molecule has 2 aliphatic carbocycles. The van der Waals surface area contributed by atoms with Gasteiger partial charge in [-0.1, -0.05) is 19.8 Å². The summed E-state index contributed by atoms with van der Waals surface area (Å²) in [5.74, 6) is 1.49. The van der Waals surface area contributed by atoms with Gasteiger partial charge in [-0.15, -0.1) is 0 Å². The number of aromatic nitrogens is 1. The molecule has 2 bridgehead atoms. The first-order valence-electron chi connectivity index (χ1n) is 7.66. The van der Waals surface area contributed by atoms with E-state index in [9.17, 15) is 9.90 Å². The molecular formula is C16H22N2O2. The molecule has 20 heavy (non-hydrogen) atoms. The van der Waals surface area contributed by atoms with Gasteiger partial charge in [-0.25, -0.2) is 9.78 Å². The summed E-state index contributed by atoms with van der Waals surface area (Å²) in [4.78, 5) is 15.8. The molecule has 1 aromatic heterocycles. The van der Waals surface area contributed by atoms with Crippen LogP contribution in [0.15, 0.2) is 12.1 Å². The smallest absolute Gasteiger partial charge is 0.335 e. The van der Waals surface area contributed by atoms with Gasteiger partial charge in [0.05, 0.1) is 5.56 Å². The zero-order chi connectivity index (χ0) is 14.1. The summed E-state index contributed by atoms with van der Waals surface area (Å²) in [7, 11) is 0. The zero-order valence-corrected chi connectivity index (χ0v) is 11.9. The summed E-state index contributed by atoms with van der Waals surface area (Å²) < 4.78 is 0. The Bertz CT molecular complexity index is 515. The van der Waals surface area contributed by atoms with Crippen LogP contribution < -0.4 is 5.32 Å². The Morgan fingerprint density at radius 2 is 2.25 bits per heavy atom. The van der Waals surface area contributed by atoms with Crippen LogP contribution in [0.5, 0.6) is 0 Å². The van der Waals surface area contributed by atoms with Crippen LogP contribution in [0.25, 0.3) is 0 Å². The number of hydrogen-bond donors (Lipinski definition) is 2. The highest BCUT2D eigenvalue weighted by molar-refractivity contribution is 5.88. The molecule has 1 aromatic rings. The Labute approximate surface area is 119 Å². The molecule has 3 unspecified atom stereocenters. The number of aryl methyl sites for hydroxylation is 1. The van der Waals surface area contributed by atoms with E-state index in [0.717, 1.165) is 36.2 Å². The monoisotopic (exact) mass is 274 g/mol. The van der Waals surface area contributed by atoms with Crippen LogP contribution in [0.3, 0.4) is 0 Å². The van der Waals surface area contributed by atoms with Crippen molar-refractivity contribution in [2.24, 2.45) is 11.8 Å². The second kappa shape index (κ2) is 5.43. The van der Waals surface area contributed by atoms with Gasteiger partial charge in [0.1, 0.15) is 5.82 Å². The molecule has 4 heteroatoms. The molecule has 3 rings (SSSR count). The van der Waals surface area contributed by atoms with Crippen molar-refractivity contribution in [2.45, 2.75) is 51.5 Å². The molecule has 4 nitrogen and oxygen atoms in total. The molecule has 3 atom stereocenters. The van der Waals surface area contributed by atoms with Crippen molar-refractivity contribution in [2.75, 3.05) is 5.32 Å². The van der Waals surface area contributed by atoms with Gasteiger partial charge in [0.2, 0.25) is 0 Å². The molecular weight excluding hydrogens is 252 g/mol. The van der Waals surface area contributed by atoms with E-state index in [-0.39, 0.29) is 0 Å². The van der Waals surface area contributed by atoms with Crippen LogP contribution in [-0.2, 0) is 6.42 Å². The Kier molecular flexibility index (Phi) is 3.64. The number of carboxylic acid groups (broad SMARTS) is 1. The quantitative estimate of drug-likeness (QED) is 0.864. The zero-order valence-electron chi connectivity index (χ0n) is 11.9. The lowest BCUT2D eigenvalue weighted by Crippen LogP contribution is -2.26. The summed E-state index contributed by atoms with van der Waals surface area (Å²) in [5.41, 5.74) is 1.21. The lowest BCUT2D eigenvalue weighted by molar-refractivity contribution is 0.0696. The highest BCUT2D eigenvalue weighted by Gasteiger charge is 2.39. The molecule has 0 aromatic carbocycles. The van der Waals surface area contributed by atoms with Crippen LogP contribution >= 0.6 is 0 Å². The Morgan fingerprint density at radius 1 is 1.40 bits per heavy atom. The predicted molar refractivity (Wildman–Crippen MR) is 78.1 cm³/mol. The van der Waals surface area contributed by atoms with E-state index in [2.05, 4.69) is 17.2 Å². The molecule has 2 aliphatic rings. The van der Waals surface area contributed by atoms with E-state index < -0.39 is 5.97 Å². The van der Waals surface area contributed by atoms with E-state index in [1.54, 1.807) is 12.1 Å². The minimum Gasteiger partial charge on any atom is -0.478 e. The van der Waals surface area contributed by atoms with Crippen molar-refractivity contribution in [1.82, 2.24) is 4.98 Å². The van der Waals surface area contributed by atoms with E-state index in [4.69, 9.17) is 0 Å². The van der Waals surface area contributed by atoms with Gasteiger partial charge in [0, 0.05) is 11.7 Å². The molecule has 0 aliphatic heterocycles. The Hall–Kier alpha value is -1.58. The maximum atomic E-state index is 11.2. The molecule has 2 saturated carbocycles. The number of anilines is 1. The van der Waals surface area contributed by atoms with Crippen LogP contribution in [0.2, 0.25) is 0 Å². The number of hydrogen-bond acceptors (Lipinski definition) is 3. The fourth-order valence-electron chi connectivity index (χ4n) is 3.78. The number of nitrogens with one attached hydrogen (secondary N) is 1. The topological polar surface area (TPSA) is 62.2 Å². The van der Waals surface area contributed by atoms with Crippen molar-refractivity contribution in [3.05, 3.63) is 23.4 Å². The third-order valence-corrected chi connectivity index (χ3v) is 4.70. The minimum atomic E-state index is -0.874. The van der Waals surface area contributed by atoms with E-state index in [1.807, 2.05) is 0 Å². The largest absolute Gasteiger partial charge is 0.478 e. The van der Waals surface area contributed by atoms with Gasteiger partial charge in [0.25, 0.3) is 0 Å². The Morgan fingerprint density at radius 3 is 2.85 bits per heavy atom. The first-order chi connectivity index (χ1) is 9.65. The van der Waals surface area contributed by atoms with Gasteiger partial charge in [-0.05, 0) is 49.7 Å². The van der Waals surface area contributed by atoms with E-state index in [1.165, 1.54) is 25.7 Å². The average molecular weight is 274 g/mol. The third-order valence-electron chi connectivity index (χ3n) is 4.70. The normalized spacial score (nSPS) is 27.8. The van der Waals surface area contributed by atoms with Crippen LogP contribution in [0, 0.1) is 11.8 Å². The van der Waals surface area contributed by atoms with Gasteiger partial charge in [0.15, 0.2) is 0 Å². The summed E-state index contributed by atoms with van der Waals surface area (Å²) in [5, 5.41) is 12.7. The number of pyridine rings is 1. The van der Waals surface area contributed by atoms with Crippen molar-refractivity contribution in [3.8, 4) is 0 Å². The minimum absolute atomic E-state index is 0.342. The first kappa shape index (κ1) is 13.4. The van der Waals surface area contributed by atoms with Crippen LogP contribution in [-0.4, -0.2) is 22.1 Å². The molecule has 0 amide bonds. The number of nitrogens with zero attached hydrogens (tertiary/aromatic N) is 1. The molecule has 0 radical (unpaired) electrons. The molecule has 1 heterocycles. The van der Waals surface area contributed by atoms with Gasteiger partial charge < -0.3 is 10.4 Å². The van der Waals surface area contributed by atoms with E-state index in [0.29, 0.717) is 11.6 Å². The number of rotatable bonds is 5. The molecule has 2 N–H and O–H groups in total. The predicted octanol–water partition coefficient (Wildman–Crippen LogP) is 3.33. The van der Waals surface area contributed by atoms with Crippen molar-refractivity contribution in [3.63, 3.8) is 0 Å². The van der Waals surface area contributed by atoms with Crippen molar-refractivity contribution < 1.29 is 9.90 Å². The molecule has 108 valence electrons. The van der Waals surface area contributed by atoms with Gasteiger partial charge >= 0.3 is 5.97 Å². The van der Waals surface area contributed by atoms with Crippen LogP contribution in [0.4, 0.5) is 5.82 Å².